The van der Waals surface area contributed by atoms with E-state index in [1.165, 1.54) is 0 Å². The minimum atomic E-state index is -0.316. The number of benzene rings is 1. The summed E-state index contributed by atoms with van der Waals surface area (Å²) < 4.78 is 10.8. The Labute approximate surface area is 153 Å². The molecule has 1 aliphatic rings. The fourth-order valence-corrected chi connectivity index (χ4v) is 3.16. The number of carbonyl (C=O) groups excluding carboxylic acids is 2. The Morgan fingerprint density at radius 3 is 2.50 bits per heavy atom. The maximum Gasteiger partial charge on any atom is 0.415 e. The second kappa shape index (κ2) is 8.08. The van der Waals surface area contributed by atoms with E-state index in [1.807, 2.05) is 25.1 Å². The topological polar surface area (TPSA) is 71.8 Å². The number of nitrogens with one attached hydrogen (secondary N) is 1. The van der Waals surface area contributed by atoms with Crippen LogP contribution in [0.25, 0.3) is 0 Å². The third kappa shape index (κ3) is 4.45. The number of carbonyl (C=O) groups is 2. The second-order valence-electron chi connectivity index (χ2n) is 6.65. The number of para-hydroxylation sites is 1. The predicted molar refractivity (Wildman–Crippen MR) is 97.3 cm³/mol. The van der Waals surface area contributed by atoms with E-state index in [9.17, 15) is 9.59 Å². The summed E-state index contributed by atoms with van der Waals surface area (Å²) >= 11 is 0. The van der Waals surface area contributed by atoms with Gasteiger partial charge in [0.05, 0.1) is 5.56 Å². The number of furan rings is 1. The van der Waals surface area contributed by atoms with Gasteiger partial charge in [-0.05, 0) is 50.8 Å². The molecule has 1 N–H and O–H groups in total. The van der Waals surface area contributed by atoms with Crippen LogP contribution in [0, 0.1) is 19.8 Å². The lowest BCUT2D eigenvalue weighted by molar-refractivity contribution is 0.0930. The van der Waals surface area contributed by atoms with Crippen molar-refractivity contribution in [3.63, 3.8) is 0 Å². The molecule has 0 spiro atoms. The zero-order chi connectivity index (χ0) is 18.5. The average Bonchev–Trinajstić information content (AvgIpc) is 2.99. The van der Waals surface area contributed by atoms with Crippen LogP contribution in [0.3, 0.4) is 0 Å². The third-order valence-corrected chi connectivity index (χ3v) is 4.66. The molecule has 1 aliphatic heterocycles. The number of rotatable bonds is 4. The zero-order valence-electron chi connectivity index (χ0n) is 15.2. The van der Waals surface area contributed by atoms with Gasteiger partial charge >= 0.3 is 6.09 Å². The molecule has 6 nitrogen and oxygen atoms in total. The van der Waals surface area contributed by atoms with Gasteiger partial charge in [-0.3, -0.25) is 4.79 Å². The summed E-state index contributed by atoms with van der Waals surface area (Å²) in [6.45, 7) is 5.49. The number of hydrogen-bond acceptors (Lipinski definition) is 4. The van der Waals surface area contributed by atoms with Gasteiger partial charge < -0.3 is 19.4 Å². The Balaban J connectivity index is 1.43. The Morgan fingerprint density at radius 1 is 1.19 bits per heavy atom. The first-order valence-electron chi connectivity index (χ1n) is 8.90. The summed E-state index contributed by atoms with van der Waals surface area (Å²) in [6, 6.07) is 10.8. The van der Waals surface area contributed by atoms with Crippen LogP contribution in [0.5, 0.6) is 5.75 Å². The first-order chi connectivity index (χ1) is 12.5. The first kappa shape index (κ1) is 18.0. The van der Waals surface area contributed by atoms with Crippen LogP contribution in [0.4, 0.5) is 4.79 Å². The second-order valence-corrected chi connectivity index (χ2v) is 6.65. The monoisotopic (exact) mass is 356 g/mol. The SMILES string of the molecule is Cc1cc(C(=O)NCC2CCN(C(=O)Oc3ccccc3)CC2)c(C)o1. The molecule has 1 saturated heterocycles. The molecule has 3 rings (SSSR count). The Kier molecular flexibility index (Phi) is 5.61. The highest BCUT2D eigenvalue weighted by Crippen LogP contribution is 2.19. The van der Waals surface area contributed by atoms with E-state index in [2.05, 4.69) is 5.32 Å². The maximum absolute atomic E-state index is 12.2. The number of amides is 2. The Hall–Kier alpha value is -2.76. The van der Waals surface area contributed by atoms with E-state index in [1.54, 1.807) is 30.0 Å². The fraction of sp³-hybridized carbons (Fsp3) is 0.400. The molecule has 2 heterocycles. The van der Waals surface area contributed by atoms with Crippen molar-refractivity contribution in [2.75, 3.05) is 19.6 Å². The van der Waals surface area contributed by atoms with Crippen molar-refractivity contribution < 1.29 is 18.7 Å². The highest BCUT2D eigenvalue weighted by molar-refractivity contribution is 5.95. The van der Waals surface area contributed by atoms with Gasteiger partial charge in [0.1, 0.15) is 17.3 Å². The van der Waals surface area contributed by atoms with E-state index in [4.69, 9.17) is 9.15 Å². The summed E-state index contributed by atoms with van der Waals surface area (Å²) in [5, 5.41) is 2.97. The number of hydrogen-bond donors (Lipinski definition) is 1. The fourth-order valence-electron chi connectivity index (χ4n) is 3.16. The molecule has 138 valence electrons. The van der Waals surface area contributed by atoms with Gasteiger partial charge in [-0.2, -0.15) is 0 Å². The van der Waals surface area contributed by atoms with Gasteiger partial charge in [0.15, 0.2) is 0 Å². The molecule has 1 aromatic heterocycles. The average molecular weight is 356 g/mol. The lowest BCUT2D eigenvalue weighted by atomic mass is 9.97. The van der Waals surface area contributed by atoms with Crippen LogP contribution in [0.1, 0.15) is 34.7 Å². The molecular formula is C20H24N2O4. The molecule has 0 unspecified atom stereocenters. The molecular weight excluding hydrogens is 332 g/mol. The van der Waals surface area contributed by atoms with Crippen molar-refractivity contribution in [2.24, 2.45) is 5.92 Å². The Morgan fingerprint density at radius 2 is 1.88 bits per heavy atom. The summed E-state index contributed by atoms with van der Waals surface area (Å²) in [6.07, 6.45) is 1.37. The molecule has 2 amide bonds. The first-order valence-corrected chi connectivity index (χ1v) is 8.90. The number of likely N-dealkylation sites (tertiary alicyclic amines) is 1. The van der Waals surface area contributed by atoms with Gasteiger partial charge in [0, 0.05) is 19.6 Å². The van der Waals surface area contributed by atoms with Gasteiger partial charge in [-0.1, -0.05) is 18.2 Å². The van der Waals surface area contributed by atoms with Crippen molar-refractivity contribution >= 4 is 12.0 Å². The molecule has 26 heavy (non-hydrogen) atoms. The van der Waals surface area contributed by atoms with Crippen molar-refractivity contribution in [3.05, 3.63) is 53.5 Å². The van der Waals surface area contributed by atoms with Crippen molar-refractivity contribution in [1.82, 2.24) is 10.2 Å². The minimum Gasteiger partial charge on any atom is -0.466 e. The van der Waals surface area contributed by atoms with Gasteiger partial charge in [0.2, 0.25) is 0 Å². The van der Waals surface area contributed by atoms with Crippen LogP contribution in [-0.2, 0) is 0 Å². The van der Waals surface area contributed by atoms with Crippen molar-refractivity contribution in [3.8, 4) is 5.75 Å². The summed E-state index contributed by atoms with van der Waals surface area (Å²) in [5.74, 6) is 2.17. The summed E-state index contributed by atoms with van der Waals surface area (Å²) in [4.78, 5) is 26.1. The zero-order valence-corrected chi connectivity index (χ0v) is 15.2. The predicted octanol–water partition coefficient (Wildman–Crippen LogP) is 3.54. The van der Waals surface area contributed by atoms with Crippen LogP contribution in [0.15, 0.2) is 40.8 Å². The van der Waals surface area contributed by atoms with Crippen LogP contribution < -0.4 is 10.1 Å². The van der Waals surface area contributed by atoms with E-state index in [-0.39, 0.29) is 12.0 Å². The molecule has 1 fully saturated rings. The quantitative estimate of drug-likeness (QED) is 0.909. The lowest BCUT2D eigenvalue weighted by Crippen LogP contribution is -2.42. The molecule has 1 aromatic carbocycles. The van der Waals surface area contributed by atoms with Gasteiger partial charge in [0.25, 0.3) is 5.91 Å². The van der Waals surface area contributed by atoms with Crippen LogP contribution >= 0.6 is 0 Å². The molecule has 0 bridgehead atoms. The lowest BCUT2D eigenvalue weighted by Gasteiger charge is -2.31. The molecule has 0 aliphatic carbocycles. The standard InChI is InChI=1S/C20H24N2O4/c1-14-12-18(15(2)25-14)19(23)21-13-16-8-10-22(11-9-16)20(24)26-17-6-4-3-5-7-17/h3-7,12,16H,8-11,13H2,1-2H3,(H,21,23). The van der Waals surface area contributed by atoms with Crippen molar-refractivity contribution in [2.45, 2.75) is 26.7 Å². The highest BCUT2D eigenvalue weighted by atomic mass is 16.6. The minimum absolute atomic E-state index is 0.106. The van der Waals surface area contributed by atoms with E-state index >= 15 is 0 Å². The third-order valence-electron chi connectivity index (χ3n) is 4.66. The van der Waals surface area contributed by atoms with Crippen LogP contribution in [0.2, 0.25) is 0 Å². The van der Waals surface area contributed by atoms with Crippen molar-refractivity contribution in [1.29, 1.82) is 0 Å². The normalized spacial score (nSPS) is 14.9. The molecule has 6 heteroatoms. The number of nitrogens with zero attached hydrogens (tertiary/aromatic N) is 1. The van der Waals surface area contributed by atoms with Crippen LogP contribution in [-0.4, -0.2) is 36.5 Å². The van der Waals surface area contributed by atoms with Gasteiger partial charge in [-0.15, -0.1) is 0 Å². The number of aryl methyl sites for hydroxylation is 2. The number of piperidine rings is 1. The molecule has 0 atom stereocenters. The molecule has 2 aromatic rings. The number of ether oxygens (including phenoxy) is 1. The maximum atomic E-state index is 12.2. The van der Waals surface area contributed by atoms with E-state index in [0.29, 0.717) is 42.6 Å². The largest absolute Gasteiger partial charge is 0.466 e. The molecule has 0 saturated carbocycles. The van der Waals surface area contributed by atoms with E-state index < -0.39 is 0 Å². The Bertz CT molecular complexity index is 761. The van der Waals surface area contributed by atoms with Gasteiger partial charge in [-0.25, -0.2) is 4.79 Å². The summed E-state index contributed by atoms with van der Waals surface area (Å²) in [7, 11) is 0. The molecule has 0 radical (unpaired) electrons. The summed E-state index contributed by atoms with van der Waals surface area (Å²) in [5.41, 5.74) is 0.589. The smallest absolute Gasteiger partial charge is 0.415 e. The van der Waals surface area contributed by atoms with E-state index in [0.717, 1.165) is 18.6 Å². The highest BCUT2D eigenvalue weighted by Gasteiger charge is 2.25.